The lowest BCUT2D eigenvalue weighted by molar-refractivity contribution is 0.00496. The van der Waals surface area contributed by atoms with Gasteiger partial charge in [0.2, 0.25) is 0 Å². The molecule has 100 valence electrons. The van der Waals surface area contributed by atoms with Crippen molar-refractivity contribution in [3.8, 4) is 0 Å². The Bertz CT molecular complexity index is 463. The van der Waals surface area contributed by atoms with E-state index in [1.54, 1.807) is 0 Å². The summed E-state index contributed by atoms with van der Waals surface area (Å²) in [6.45, 7) is 2.57. The highest BCUT2D eigenvalue weighted by Gasteiger charge is 2.31. The first-order valence-corrected chi connectivity index (χ1v) is 6.29. The number of aromatic nitrogens is 2. The average Bonchev–Trinajstić information content (AvgIpc) is 2.35. The topological polar surface area (TPSA) is 104 Å². The Kier molecular flexibility index (Phi) is 3.56. The zero-order valence-electron chi connectivity index (χ0n) is 10.6. The smallest absolute Gasteiger partial charge is 0.276 e. The number of H-pyrrole nitrogens is 1. The van der Waals surface area contributed by atoms with Gasteiger partial charge in [-0.05, 0) is 31.6 Å². The predicted octanol–water partition coefficient (Wildman–Crippen LogP) is 0.705. The molecule has 6 nitrogen and oxygen atoms in total. The molecule has 1 aromatic heterocycles. The van der Waals surface area contributed by atoms with Crippen LogP contribution in [0.4, 0.5) is 11.5 Å². The quantitative estimate of drug-likeness (QED) is 0.634. The number of nitrogens with zero attached hydrogens (tertiary/aromatic N) is 1. The van der Waals surface area contributed by atoms with Crippen molar-refractivity contribution in [3.05, 3.63) is 16.7 Å². The molecule has 0 saturated heterocycles. The number of nitrogens with one attached hydrogen (secondary N) is 2. The largest absolute Gasteiger partial charge is 0.391 e. The van der Waals surface area contributed by atoms with E-state index < -0.39 is 5.60 Å². The van der Waals surface area contributed by atoms with Crippen LogP contribution < -0.4 is 16.6 Å². The highest BCUT2D eigenvalue weighted by molar-refractivity contribution is 5.58. The van der Waals surface area contributed by atoms with Crippen LogP contribution in [0.1, 0.15) is 32.6 Å². The molecule has 0 unspecified atom stereocenters. The van der Waals surface area contributed by atoms with Crippen molar-refractivity contribution in [2.45, 2.75) is 38.2 Å². The molecule has 1 aromatic rings. The van der Waals surface area contributed by atoms with E-state index in [1.165, 1.54) is 6.33 Å². The zero-order chi connectivity index (χ0) is 13.2. The van der Waals surface area contributed by atoms with Crippen LogP contribution in [-0.4, -0.2) is 27.2 Å². The van der Waals surface area contributed by atoms with Crippen LogP contribution in [0.3, 0.4) is 0 Å². The minimum atomic E-state index is -0.719. The fourth-order valence-electron chi connectivity index (χ4n) is 2.28. The molecule has 1 saturated carbocycles. The summed E-state index contributed by atoms with van der Waals surface area (Å²) in [6, 6.07) is 0. The van der Waals surface area contributed by atoms with Crippen LogP contribution in [0.25, 0.3) is 0 Å². The zero-order valence-corrected chi connectivity index (χ0v) is 10.6. The molecule has 0 atom stereocenters. The summed E-state index contributed by atoms with van der Waals surface area (Å²) in [6.07, 6.45) is 4.88. The average molecular weight is 252 g/mol. The first-order chi connectivity index (χ1) is 8.50. The molecule has 0 aromatic carbocycles. The summed E-state index contributed by atoms with van der Waals surface area (Å²) >= 11 is 0. The first kappa shape index (κ1) is 12.9. The summed E-state index contributed by atoms with van der Waals surface area (Å²) in [5, 5.41) is 13.4. The molecule has 18 heavy (non-hydrogen) atoms. The second kappa shape index (κ2) is 4.97. The molecule has 0 spiro atoms. The summed E-state index contributed by atoms with van der Waals surface area (Å²) in [5.41, 5.74) is 4.59. The molecule has 5 N–H and O–H groups in total. The van der Waals surface area contributed by atoms with Crippen molar-refractivity contribution in [2.75, 3.05) is 17.6 Å². The lowest BCUT2D eigenvalue weighted by atomic mass is 9.79. The van der Waals surface area contributed by atoms with Gasteiger partial charge in [0.25, 0.3) is 5.56 Å². The van der Waals surface area contributed by atoms with Crippen LogP contribution >= 0.6 is 0 Å². The maximum absolute atomic E-state index is 11.3. The van der Waals surface area contributed by atoms with Crippen LogP contribution in [0.15, 0.2) is 11.1 Å². The number of aliphatic hydroxyl groups is 1. The van der Waals surface area contributed by atoms with Crippen LogP contribution in [0.5, 0.6) is 0 Å². The van der Waals surface area contributed by atoms with Gasteiger partial charge in [-0.3, -0.25) is 4.79 Å². The Morgan fingerprint density at radius 1 is 1.61 bits per heavy atom. The Hall–Kier alpha value is -1.56. The van der Waals surface area contributed by atoms with Crippen LogP contribution in [-0.2, 0) is 0 Å². The van der Waals surface area contributed by atoms with Crippen LogP contribution in [0, 0.1) is 5.92 Å². The Morgan fingerprint density at radius 3 is 2.94 bits per heavy atom. The lowest BCUT2D eigenvalue weighted by Crippen LogP contribution is -2.40. The molecular weight excluding hydrogens is 232 g/mol. The van der Waals surface area contributed by atoms with Gasteiger partial charge in [0.05, 0.1) is 11.9 Å². The van der Waals surface area contributed by atoms with Gasteiger partial charge in [-0.15, -0.1) is 0 Å². The Morgan fingerprint density at radius 2 is 2.28 bits per heavy atom. The van der Waals surface area contributed by atoms with Crippen molar-refractivity contribution in [1.29, 1.82) is 0 Å². The summed E-state index contributed by atoms with van der Waals surface area (Å²) < 4.78 is 0. The van der Waals surface area contributed by atoms with E-state index in [2.05, 4.69) is 22.2 Å². The van der Waals surface area contributed by atoms with Gasteiger partial charge in [-0.25, -0.2) is 4.98 Å². The molecular formula is C12H20N4O2. The van der Waals surface area contributed by atoms with E-state index in [0.717, 1.165) is 25.7 Å². The van der Waals surface area contributed by atoms with Crippen molar-refractivity contribution in [1.82, 2.24) is 9.97 Å². The monoisotopic (exact) mass is 252 g/mol. The molecule has 1 fully saturated rings. The summed E-state index contributed by atoms with van der Waals surface area (Å²) in [4.78, 5) is 17.7. The third-order valence-corrected chi connectivity index (χ3v) is 3.68. The first-order valence-electron chi connectivity index (χ1n) is 6.29. The van der Waals surface area contributed by atoms with Gasteiger partial charge >= 0.3 is 0 Å². The Labute approximate surface area is 106 Å². The van der Waals surface area contributed by atoms with Gasteiger partial charge in [0.1, 0.15) is 5.69 Å². The third-order valence-electron chi connectivity index (χ3n) is 3.68. The van der Waals surface area contributed by atoms with Gasteiger partial charge < -0.3 is 21.1 Å². The van der Waals surface area contributed by atoms with E-state index in [1.807, 2.05) is 0 Å². The minimum Gasteiger partial charge on any atom is -0.391 e. The maximum Gasteiger partial charge on any atom is 0.276 e. The molecule has 1 heterocycles. The van der Waals surface area contributed by atoms with E-state index >= 15 is 0 Å². The predicted molar refractivity (Wildman–Crippen MR) is 70.3 cm³/mol. The van der Waals surface area contributed by atoms with Crippen molar-refractivity contribution in [3.63, 3.8) is 0 Å². The van der Waals surface area contributed by atoms with Crippen molar-refractivity contribution in [2.24, 2.45) is 5.92 Å². The fraction of sp³-hybridized carbons (Fsp3) is 0.667. The molecule has 1 aliphatic rings. The second-order valence-corrected chi connectivity index (χ2v) is 5.25. The maximum atomic E-state index is 11.3. The molecule has 6 heteroatoms. The summed E-state index contributed by atoms with van der Waals surface area (Å²) in [7, 11) is 0. The molecule has 0 amide bonds. The van der Waals surface area contributed by atoms with E-state index in [0.29, 0.717) is 18.3 Å². The minimum absolute atomic E-state index is 0.0604. The molecule has 2 rings (SSSR count). The van der Waals surface area contributed by atoms with E-state index in [-0.39, 0.29) is 11.2 Å². The molecule has 0 aliphatic heterocycles. The number of rotatable bonds is 3. The SMILES string of the molecule is CC1CCC(O)(CNc2nc[nH]c(=O)c2N)CC1. The molecule has 0 radical (unpaired) electrons. The highest BCUT2D eigenvalue weighted by atomic mass is 16.3. The van der Waals surface area contributed by atoms with E-state index in [9.17, 15) is 9.90 Å². The van der Waals surface area contributed by atoms with Gasteiger partial charge in [-0.2, -0.15) is 0 Å². The number of hydrogen-bond donors (Lipinski definition) is 4. The number of nitrogens with two attached hydrogens (primary N) is 1. The van der Waals surface area contributed by atoms with E-state index in [4.69, 9.17) is 5.73 Å². The standard InChI is InChI=1S/C12H20N4O2/c1-8-2-4-12(18,5-3-8)6-14-10-9(13)11(17)16-7-15-10/h7-8,18H,2-6,13H2,1H3,(H2,14,15,16,17). The lowest BCUT2D eigenvalue weighted by Gasteiger charge is -2.35. The van der Waals surface area contributed by atoms with Crippen LogP contribution in [0.2, 0.25) is 0 Å². The number of hydrogen-bond acceptors (Lipinski definition) is 5. The Balaban J connectivity index is 1.99. The number of aromatic amines is 1. The fourth-order valence-corrected chi connectivity index (χ4v) is 2.28. The van der Waals surface area contributed by atoms with Gasteiger partial charge in [0, 0.05) is 6.54 Å². The molecule has 1 aliphatic carbocycles. The van der Waals surface area contributed by atoms with Gasteiger partial charge in [-0.1, -0.05) is 6.92 Å². The number of anilines is 2. The van der Waals surface area contributed by atoms with Crippen molar-refractivity contribution < 1.29 is 5.11 Å². The third kappa shape index (κ3) is 2.81. The summed E-state index contributed by atoms with van der Waals surface area (Å²) in [5.74, 6) is 1.01. The van der Waals surface area contributed by atoms with Gasteiger partial charge in [0.15, 0.2) is 5.82 Å². The van der Waals surface area contributed by atoms with Crippen molar-refractivity contribution >= 4 is 11.5 Å². The second-order valence-electron chi connectivity index (χ2n) is 5.25. The normalized spacial score (nSPS) is 28.0. The highest BCUT2D eigenvalue weighted by Crippen LogP contribution is 2.31. The number of nitrogen functional groups attached to an aromatic ring is 1. The molecule has 0 bridgehead atoms.